The van der Waals surface area contributed by atoms with Crippen molar-refractivity contribution in [2.24, 2.45) is 0 Å². The van der Waals surface area contributed by atoms with Gasteiger partial charge in [0.25, 0.3) is 0 Å². The Labute approximate surface area is 116 Å². The van der Waals surface area contributed by atoms with E-state index in [1.807, 2.05) is 29.8 Å². The minimum absolute atomic E-state index is 0.0320. The Morgan fingerprint density at radius 3 is 2.79 bits per heavy atom. The van der Waals surface area contributed by atoms with Crippen molar-refractivity contribution in [3.8, 4) is 0 Å². The van der Waals surface area contributed by atoms with E-state index >= 15 is 0 Å². The first-order valence-electron chi connectivity index (χ1n) is 5.99. The molecule has 2 rings (SSSR count). The monoisotopic (exact) mass is 276 g/mol. The van der Waals surface area contributed by atoms with Crippen molar-refractivity contribution in [1.82, 2.24) is 9.55 Å². The Morgan fingerprint density at radius 2 is 2.11 bits per heavy atom. The van der Waals surface area contributed by atoms with Crippen molar-refractivity contribution in [3.05, 3.63) is 47.3 Å². The van der Waals surface area contributed by atoms with Crippen LogP contribution in [0.3, 0.4) is 0 Å². The summed E-state index contributed by atoms with van der Waals surface area (Å²) < 4.78 is 2.01. The Balaban J connectivity index is 2.20. The van der Waals surface area contributed by atoms with E-state index in [1.54, 1.807) is 0 Å². The molecule has 5 heteroatoms. The lowest BCUT2D eigenvalue weighted by molar-refractivity contribution is -0.133. The van der Waals surface area contributed by atoms with E-state index in [4.69, 9.17) is 5.11 Å². The molecule has 19 heavy (non-hydrogen) atoms. The van der Waals surface area contributed by atoms with Crippen LogP contribution >= 0.6 is 11.8 Å². The van der Waals surface area contributed by atoms with Gasteiger partial charge in [-0.25, -0.2) is 4.98 Å². The zero-order chi connectivity index (χ0) is 13.8. The maximum absolute atomic E-state index is 10.6. The van der Waals surface area contributed by atoms with Gasteiger partial charge in [0, 0.05) is 12.7 Å². The number of carbonyl (C=O) groups is 1. The van der Waals surface area contributed by atoms with Crippen LogP contribution in [-0.2, 0) is 11.3 Å². The van der Waals surface area contributed by atoms with Gasteiger partial charge in [0.1, 0.15) is 0 Å². The van der Waals surface area contributed by atoms with Crippen molar-refractivity contribution >= 4 is 17.7 Å². The molecule has 0 saturated carbocycles. The number of aromatic nitrogens is 2. The number of carboxylic acids is 1. The molecule has 0 atom stereocenters. The molecular formula is C14H16N2O2S. The summed E-state index contributed by atoms with van der Waals surface area (Å²) >= 11 is 1.25. The first-order chi connectivity index (χ1) is 9.06. The molecule has 0 spiro atoms. The van der Waals surface area contributed by atoms with Gasteiger partial charge in [-0.1, -0.05) is 36.0 Å². The van der Waals surface area contributed by atoms with Crippen LogP contribution < -0.4 is 0 Å². The van der Waals surface area contributed by atoms with Crippen LogP contribution in [0.5, 0.6) is 0 Å². The third-order valence-corrected chi connectivity index (χ3v) is 3.76. The van der Waals surface area contributed by atoms with Gasteiger partial charge < -0.3 is 9.67 Å². The number of hydrogen-bond acceptors (Lipinski definition) is 3. The first kappa shape index (κ1) is 13.7. The topological polar surface area (TPSA) is 55.1 Å². The summed E-state index contributed by atoms with van der Waals surface area (Å²) in [4.78, 5) is 15.0. The van der Waals surface area contributed by atoms with Crippen LogP contribution in [0.15, 0.2) is 35.6 Å². The Kier molecular flexibility index (Phi) is 4.27. The highest BCUT2D eigenvalue weighted by Crippen LogP contribution is 2.19. The van der Waals surface area contributed by atoms with Crippen molar-refractivity contribution in [3.63, 3.8) is 0 Å². The molecule has 100 valence electrons. The summed E-state index contributed by atoms with van der Waals surface area (Å²) in [5.41, 5.74) is 3.35. The van der Waals surface area contributed by atoms with Crippen LogP contribution in [-0.4, -0.2) is 26.4 Å². The molecule has 2 aromatic rings. The third-order valence-electron chi connectivity index (χ3n) is 2.79. The normalized spacial score (nSPS) is 10.6. The zero-order valence-corrected chi connectivity index (χ0v) is 11.8. The lowest BCUT2D eigenvalue weighted by atomic mass is 10.1. The lowest BCUT2D eigenvalue weighted by Gasteiger charge is -2.09. The number of aryl methyl sites for hydroxylation is 2. The van der Waals surface area contributed by atoms with E-state index in [0.29, 0.717) is 0 Å². The average Bonchev–Trinajstić information content (AvgIpc) is 2.70. The van der Waals surface area contributed by atoms with Gasteiger partial charge in [-0.15, -0.1) is 0 Å². The predicted octanol–water partition coefficient (Wildman–Crippen LogP) is 2.72. The molecule has 0 radical (unpaired) electrons. The molecule has 0 amide bonds. The number of hydrogen-bond donors (Lipinski definition) is 1. The van der Waals surface area contributed by atoms with Gasteiger partial charge >= 0.3 is 5.97 Å². The van der Waals surface area contributed by atoms with E-state index in [0.717, 1.165) is 17.4 Å². The standard InChI is InChI=1S/C14H16N2O2S/c1-10-5-3-4-6-12(10)8-16-7-11(2)15-14(16)19-9-13(17)18/h3-7H,8-9H2,1-2H3,(H,17,18). The molecular weight excluding hydrogens is 260 g/mol. The Morgan fingerprint density at radius 1 is 1.37 bits per heavy atom. The first-order valence-corrected chi connectivity index (χ1v) is 6.97. The largest absolute Gasteiger partial charge is 0.481 e. The lowest BCUT2D eigenvalue weighted by Crippen LogP contribution is -2.04. The summed E-state index contributed by atoms with van der Waals surface area (Å²) in [6.07, 6.45) is 1.95. The van der Waals surface area contributed by atoms with Crippen LogP contribution in [0, 0.1) is 13.8 Å². The smallest absolute Gasteiger partial charge is 0.313 e. The second-order valence-corrected chi connectivity index (χ2v) is 5.34. The fourth-order valence-electron chi connectivity index (χ4n) is 1.85. The average molecular weight is 276 g/mol. The highest BCUT2D eigenvalue weighted by atomic mass is 32.2. The summed E-state index contributed by atoms with van der Waals surface area (Å²) in [5.74, 6) is -0.794. The van der Waals surface area contributed by atoms with E-state index in [1.165, 1.54) is 22.9 Å². The molecule has 1 aromatic heterocycles. The molecule has 4 nitrogen and oxygen atoms in total. The van der Waals surface area contributed by atoms with Gasteiger partial charge in [-0.3, -0.25) is 4.79 Å². The minimum Gasteiger partial charge on any atom is -0.481 e. The summed E-state index contributed by atoms with van der Waals surface area (Å²) in [6, 6.07) is 8.17. The molecule has 0 aliphatic heterocycles. The van der Waals surface area contributed by atoms with Gasteiger partial charge in [0.2, 0.25) is 0 Å². The van der Waals surface area contributed by atoms with E-state index in [9.17, 15) is 4.79 Å². The molecule has 1 aromatic carbocycles. The van der Waals surface area contributed by atoms with E-state index < -0.39 is 5.97 Å². The number of carboxylic acid groups (broad SMARTS) is 1. The Hall–Kier alpha value is -1.75. The zero-order valence-electron chi connectivity index (χ0n) is 11.0. The third kappa shape index (κ3) is 3.61. The molecule has 1 heterocycles. The van der Waals surface area contributed by atoms with Crippen molar-refractivity contribution in [2.75, 3.05) is 5.75 Å². The summed E-state index contributed by atoms with van der Waals surface area (Å²) in [6.45, 7) is 4.71. The number of nitrogens with zero attached hydrogens (tertiary/aromatic N) is 2. The van der Waals surface area contributed by atoms with Crippen LogP contribution in [0.25, 0.3) is 0 Å². The fraction of sp³-hybridized carbons (Fsp3) is 0.286. The van der Waals surface area contributed by atoms with Gasteiger partial charge in [-0.05, 0) is 25.0 Å². The number of benzene rings is 1. The maximum atomic E-state index is 10.6. The van der Waals surface area contributed by atoms with Crippen molar-refractivity contribution in [2.45, 2.75) is 25.5 Å². The minimum atomic E-state index is -0.826. The second kappa shape index (κ2) is 5.93. The van der Waals surface area contributed by atoms with Gasteiger partial charge in [0.15, 0.2) is 5.16 Å². The molecule has 0 unspecified atom stereocenters. The SMILES string of the molecule is Cc1cn(Cc2ccccc2C)c(SCC(=O)O)n1. The number of rotatable bonds is 5. The number of aliphatic carboxylic acids is 1. The van der Waals surface area contributed by atoms with E-state index in [-0.39, 0.29) is 5.75 Å². The molecule has 0 fully saturated rings. The maximum Gasteiger partial charge on any atom is 0.313 e. The Bertz CT molecular complexity index is 593. The molecule has 1 N–H and O–H groups in total. The second-order valence-electron chi connectivity index (χ2n) is 4.40. The summed E-state index contributed by atoms with van der Waals surface area (Å²) in [7, 11) is 0. The highest BCUT2D eigenvalue weighted by Gasteiger charge is 2.09. The summed E-state index contributed by atoms with van der Waals surface area (Å²) in [5, 5.41) is 9.50. The molecule has 0 aliphatic carbocycles. The van der Waals surface area contributed by atoms with Crippen LogP contribution in [0.2, 0.25) is 0 Å². The molecule has 0 saturated heterocycles. The fourth-order valence-corrected chi connectivity index (χ4v) is 2.59. The van der Waals surface area contributed by atoms with E-state index in [2.05, 4.69) is 24.0 Å². The predicted molar refractivity (Wildman–Crippen MR) is 75.6 cm³/mol. The van der Waals surface area contributed by atoms with Crippen LogP contribution in [0.1, 0.15) is 16.8 Å². The van der Waals surface area contributed by atoms with Gasteiger partial charge in [-0.2, -0.15) is 0 Å². The highest BCUT2D eigenvalue weighted by molar-refractivity contribution is 7.99. The number of thioether (sulfide) groups is 1. The number of imidazole rings is 1. The molecule has 0 aliphatic rings. The van der Waals surface area contributed by atoms with Crippen molar-refractivity contribution in [1.29, 1.82) is 0 Å². The van der Waals surface area contributed by atoms with Gasteiger partial charge in [0.05, 0.1) is 11.4 Å². The van der Waals surface area contributed by atoms with Crippen molar-refractivity contribution < 1.29 is 9.90 Å². The quantitative estimate of drug-likeness (QED) is 0.853. The molecule has 0 bridgehead atoms. The van der Waals surface area contributed by atoms with Crippen LogP contribution in [0.4, 0.5) is 0 Å².